The maximum Gasteiger partial charge on any atom is 0.186 e. The van der Waals surface area contributed by atoms with E-state index >= 15 is 0 Å². The van der Waals surface area contributed by atoms with Crippen molar-refractivity contribution in [3.8, 4) is 5.75 Å². The first-order valence-electron chi connectivity index (χ1n) is 6.33. The number of nitrogens with two attached hydrogens (primary N) is 1. The normalized spacial score (nSPS) is 12.9. The summed E-state index contributed by atoms with van der Waals surface area (Å²) in [5.74, 6) is -0.0332. The largest absolute Gasteiger partial charge is 0.497 e. The molecule has 21 heavy (non-hydrogen) atoms. The molecule has 2 rings (SSSR count). The van der Waals surface area contributed by atoms with Gasteiger partial charge in [-0.25, -0.2) is 12.8 Å². The van der Waals surface area contributed by atoms with Gasteiger partial charge in [-0.3, -0.25) is 0 Å². The summed E-state index contributed by atoms with van der Waals surface area (Å²) >= 11 is 0. The third-order valence-electron chi connectivity index (χ3n) is 3.23. The lowest BCUT2D eigenvalue weighted by molar-refractivity contribution is 0.414. The molecule has 2 aromatic rings. The smallest absolute Gasteiger partial charge is 0.186 e. The average Bonchev–Trinajstić information content (AvgIpc) is 2.50. The zero-order chi connectivity index (χ0) is 15.5. The van der Waals surface area contributed by atoms with Crippen molar-refractivity contribution in [2.75, 3.05) is 13.7 Å². The lowest BCUT2D eigenvalue weighted by Gasteiger charge is -2.17. The lowest BCUT2D eigenvalue weighted by Crippen LogP contribution is -2.23. The van der Waals surface area contributed by atoms with Crippen LogP contribution < -0.4 is 10.5 Å². The summed E-state index contributed by atoms with van der Waals surface area (Å²) in [5.41, 5.74) is 5.66. The van der Waals surface area contributed by atoms with Crippen molar-refractivity contribution in [2.24, 2.45) is 5.73 Å². The minimum atomic E-state index is -3.77. The minimum Gasteiger partial charge on any atom is -0.497 e. The average molecular weight is 309 g/mol. The summed E-state index contributed by atoms with van der Waals surface area (Å²) in [6.07, 6.45) is 0. The number of hydrogen-bond donors (Lipinski definition) is 1. The van der Waals surface area contributed by atoms with E-state index in [1.807, 2.05) is 0 Å². The number of benzene rings is 2. The molecule has 0 fully saturated rings. The SMILES string of the molecule is COc1ccc(S(=O)(=O)[C@H](CN)c2ccccc2F)cc1. The van der Waals surface area contributed by atoms with Crippen LogP contribution in [0, 0.1) is 5.82 Å². The Labute approximate surface area is 123 Å². The molecule has 2 aromatic carbocycles. The van der Waals surface area contributed by atoms with Gasteiger partial charge < -0.3 is 10.5 Å². The van der Waals surface area contributed by atoms with Gasteiger partial charge in [-0.15, -0.1) is 0 Å². The van der Waals surface area contributed by atoms with Crippen molar-refractivity contribution < 1.29 is 17.5 Å². The van der Waals surface area contributed by atoms with E-state index in [9.17, 15) is 12.8 Å². The van der Waals surface area contributed by atoms with Crippen LogP contribution in [0.5, 0.6) is 5.75 Å². The molecular formula is C15H16FNO3S. The summed E-state index contributed by atoms with van der Waals surface area (Å²) in [7, 11) is -2.28. The second-order valence-corrected chi connectivity index (χ2v) is 6.60. The number of sulfone groups is 1. The molecule has 0 unspecified atom stereocenters. The predicted molar refractivity (Wildman–Crippen MR) is 78.4 cm³/mol. The molecule has 0 saturated heterocycles. The summed E-state index contributed by atoms with van der Waals surface area (Å²) in [5, 5.41) is -1.12. The van der Waals surface area contributed by atoms with E-state index in [-0.39, 0.29) is 17.0 Å². The number of ether oxygens (including phenoxy) is 1. The Morgan fingerprint density at radius 3 is 2.29 bits per heavy atom. The van der Waals surface area contributed by atoms with E-state index in [1.165, 1.54) is 37.4 Å². The summed E-state index contributed by atoms with van der Waals surface area (Å²) in [4.78, 5) is 0.0852. The van der Waals surface area contributed by atoms with Gasteiger partial charge in [0.1, 0.15) is 16.8 Å². The van der Waals surface area contributed by atoms with Gasteiger partial charge in [-0.2, -0.15) is 0 Å². The number of halogens is 1. The molecule has 0 aliphatic carbocycles. The van der Waals surface area contributed by atoms with Gasteiger partial charge in [0.05, 0.1) is 12.0 Å². The fourth-order valence-corrected chi connectivity index (χ4v) is 3.71. The van der Waals surface area contributed by atoms with Crippen LogP contribution >= 0.6 is 0 Å². The first-order chi connectivity index (χ1) is 10.0. The molecule has 0 aliphatic rings. The zero-order valence-electron chi connectivity index (χ0n) is 11.5. The molecule has 0 saturated carbocycles. The Bertz CT molecular complexity index is 714. The van der Waals surface area contributed by atoms with Crippen molar-refractivity contribution in [3.63, 3.8) is 0 Å². The van der Waals surface area contributed by atoms with Gasteiger partial charge in [-0.1, -0.05) is 18.2 Å². The fraction of sp³-hybridized carbons (Fsp3) is 0.200. The maximum absolute atomic E-state index is 13.9. The van der Waals surface area contributed by atoms with E-state index in [0.29, 0.717) is 5.75 Å². The summed E-state index contributed by atoms with van der Waals surface area (Å²) in [6.45, 7) is -0.199. The van der Waals surface area contributed by atoms with Gasteiger partial charge in [0, 0.05) is 12.1 Å². The molecule has 0 radical (unpaired) electrons. The van der Waals surface area contributed by atoms with Gasteiger partial charge in [0.2, 0.25) is 0 Å². The molecule has 0 aromatic heterocycles. The monoisotopic (exact) mass is 309 g/mol. The molecular weight excluding hydrogens is 293 g/mol. The van der Waals surface area contributed by atoms with Crippen molar-refractivity contribution in [2.45, 2.75) is 10.1 Å². The first-order valence-corrected chi connectivity index (χ1v) is 7.87. The minimum absolute atomic E-state index is 0.0795. The molecule has 0 spiro atoms. The van der Waals surface area contributed by atoms with Crippen LogP contribution in [0.2, 0.25) is 0 Å². The van der Waals surface area contributed by atoms with Gasteiger partial charge >= 0.3 is 0 Å². The molecule has 0 bridgehead atoms. The Balaban J connectivity index is 2.47. The maximum atomic E-state index is 13.9. The number of rotatable bonds is 5. The van der Waals surface area contributed by atoms with Crippen LogP contribution in [0.3, 0.4) is 0 Å². The van der Waals surface area contributed by atoms with Gasteiger partial charge in [-0.05, 0) is 30.3 Å². The molecule has 0 aliphatic heterocycles. The van der Waals surface area contributed by atoms with Crippen LogP contribution in [0.1, 0.15) is 10.8 Å². The Hall–Kier alpha value is -1.92. The van der Waals surface area contributed by atoms with Crippen LogP contribution in [0.25, 0.3) is 0 Å². The van der Waals surface area contributed by atoms with Crippen LogP contribution in [-0.2, 0) is 9.84 Å². The topological polar surface area (TPSA) is 69.4 Å². The summed E-state index contributed by atoms with van der Waals surface area (Å²) < 4.78 is 44.1. The van der Waals surface area contributed by atoms with E-state index < -0.39 is 20.9 Å². The quantitative estimate of drug-likeness (QED) is 0.920. The molecule has 1 atom stereocenters. The third kappa shape index (κ3) is 3.06. The molecule has 0 heterocycles. The highest BCUT2D eigenvalue weighted by molar-refractivity contribution is 7.91. The lowest BCUT2D eigenvalue weighted by atomic mass is 10.1. The fourth-order valence-electron chi connectivity index (χ4n) is 2.09. The van der Waals surface area contributed by atoms with Crippen molar-refractivity contribution in [3.05, 3.63) is 59.9 Å². The van der Waals surface area contributed by atoms with E-state index in [0.717, 1.165) is 0 Å². The van der Waals surface area contributed by atoms with Crippen LogP contribution in [-0.4, -0.2) is 22.1 Å². The highest BCUT2D eigenvalue weighted by Crippen LogP contribution is 2.30. The van der Waals surface area contributed by atoms with Crippen molar-refractivity contribution in [1.29, 1.82) is 0 Å². The van der Waals surface area contributed by atoms with Crippen molar-refractivity contribution in [1.82, 2.24) is 0 Å². The van der Waals surface area contributed by atoms with Crippen molar-refractivity contribution >= 4 is 9.84 Å². The van der Waals surface area contributed by atoms with E-state index in [1.54, 1.807) is 18.2 Å². The highest BCUT2D eigenvalue weighted by atomic mass is 32.2. The molecule has 6 heteroatoms. The second kappa shape index (κ2) is 6.24. The second-order valence-electron chi connectivity index (χ2n) is 4.47. The number of methoxy groups -OCH3 is 1. The Kier molecular flexibility index (Phi) is 4.59. The molecule has 2 N–H and O–H groups in total. The summed E-state index contributed by atoms with van der Waals surface area (Å²) in [6, 6.07) is 11.7. The number of hydrogen-bond acceptors (Lipinski definition) is 4. The molecule has 4 nitrogen and oxygen atoms in total. The van der Waals surface area contributed by atoms with Crippen LogP contribution in [0.4, 0.5) is 4.39 Å². The molecule has 0 amide bonds. The van der Waals surface area contributed by atoms with E-state index in [4.69, 9.17) is 10.5 Å². The predicted octanol–water partition coefficient (Wildman–Crippen LogP) is 2.31. The van der Waals surface area contributed by atoms with Gasteiger partial charge in [0.25, 0.3) is 0 Å². The Morgan fingerprint density at radius 2 is 1.76 bits per heavy atom. The zero-order valence-corrected chi connectivity index (χ0v) is 12.3. The standard InChI is InChI=1S/C15H16FNO3S/c1-20-11-6-8-12(9-7-11)21(18,19)15(10-17)13-4-2-3-5-14(13)16/h2-9,15H,10,17H2,1H3/t15-/m1/s1. The third-order valence-corrected chi connectivity index (χ3v) is 5.35. The van der Waals surface area contributed by atoms with Gasteiger partial charge in [0.15, 0.2) is 9.84 Å². The molecule has 112 valence electrons. The Morgan fingerprint density at radius 1 is 1.14 bits per heavy atom. The van der Waals surface area contributed by atoms with E-state index in [2.05, 4.69) is 0 Å². The van der Waals surface area contributed by atoms with Crippen LogP contribution in [0.15, 0.2) is 53.4 Å². The first kappa shape index (κ1) is 15.5. The highest BCUT2D eigenvalue weighted by Gasteiger charge is 2.29.